The number of nitrogens with one attached hydrogen (secondary N) is 1. The van der Waals surface area contributed by atoms with Crippen LogP contribution in [0.15, 0.2) is 29.6 Å². The van der Waals surface area contributed by atoms with Gasteiger partial charge in [0.05, 0.1) is 7.11 Å². The molecule has 0 atom stereocenters. The zero-order chi connectivity index (χ0) is 15.2. The molecule has 1 amide bonds. The highest BCUT2D eigenvalue weighted by Crippen LogP contribution is 2.20. The number of carbonyl (C=O) groups is 1. The van der Waals surface area contributed by atoms with Crippen LogP contribution in [0.1, 0.15) is 16.0 Å². The molecule has 5 heteroatoms. The Hall–Kier alpha value is -2.01. The van der Waals surface area contributed by atoms with Crippen molar-refractivity contribution >= 4 is 17.2 Å². The van der Waals surface area contributed by atoms with Crippen LogP contribution in [0, 0.1) is 13.8 Å². The van der Waals surface area contributed by atoms with Crippen molar-refractivity contribution in [3.8, 4) is 11.5 Å². The molecular weight excluding hydrogens is 286 g/mol. The topological polar surface area (TPSA) is 47.6 Å². The average Bonchev–Trinajstić information content (AvgIpc) is 2.83. The molecule has 1 N–H and O–H groups in total. The monoisotopic (exact) mass is 305 g/mol. The van der Waals surface area contributed by atoms with E-state index in [4.69, 9.17) is 9.47 Å². The highest BCUT2D eigenvalue weighted by molar-refractivity contribution is 7.10. The largest absolute Gasteiger partial charge is 0.497 e. The first-order valence-corrected chi connectivity index (χ1v) is 7.55. The first-order valence-electron chi connectivity index (χ1n) is 6.67. The van der Waals surface area contributed by atoms with Crippen molar-refractivity contribution in [2.24, 2.45) is 0 Å². The van der Waals surface area contributed by atoms with Gasteiger partial charge >= 0.3 is 0 Å². The summed E-state index contributed by atoms with van der Waals surface area (Å²) in [6, 6.07) is 7.19. The molecule has 0 bridgehead atoms. The Morgan fingerprint density at radius 2 is 2.05 bits per heavy atom. The summed E-state index contributed by atoms with van der Waals surface area (Å²) in [5, 5.41) is 4.94. The van der Waals surface area contributed by atoms with Gasteiger partial charge in [-0.25, -0.2) is 0 Å². The van der Waals surface area contributed by atoms with E-state index in [1.54, 1.807) is 30.6 Å². The molecule has 2 rings (SSSR count). The van der Waals surface area contributed by atoms with Gasteiger partial charge in [0.2, 0.25) is 0 Å². The Morgan fingerprint density at radius 1 is 1.29 bits per heavy atom. The van der Waals surface area contributed by atoms with Crippen LogP contribution in [0.2, 0.25) is 0 Å². The van der Waals surface area contributed by atoms with Crippen LogP contribution in [0.3, 0.4) is 0 Å². The van der Waals surface area contributed by atoms with Crippen LogP contribution in [-0.2, 0) is 11.3 Å². The van der Waals surface area contributed by atoms with E-state index in [2.05, 4.69) is 24.5 Å². The lowest BCUT2D eigenvalue weighted by atomic mass is 10.2. The Morgan fingerprint density at radius 3 is 2.71 bits per heavy atom. The van der Waals surface area contributed by atoms with E-state index in [1.165, 1.54) is 10.4 Å². The number of thiophene rings is 1. The van der Waals surface area contributed by atoms with Gasteiger partial charge in [0, 0.05) is 17.5 Å². The van der Waals surface area contributed by atoms with Crippen molar-refractivity contribution in [3.05, 3.63) is 45.6 Å². The van der Waals surface area contributed by atoms with Gasteiger partial charge < -0.3 is 14.8 Å². The minimum absolute atomic E-state index is 0.00463. The van der Waals surface area contributed by atoms with Gasteiger partial charge in [-0.2, -0.15) is 0 Å². The minimum Gasteiger partial charge on any atom is -0.497 e. The van der Waals surface area contributed by atoms with Crippen LogP contribution in [0.25, 0.3) is 0 Å². The van der Waals surface area contributed by atoms with Gasteiger partial charge in [0.25, 0.3) is 5.91 Å². The summed E-state index contributed by atoms with van der Waals surface area (Å²) in [7, 11) is 1.59. The highest BCUT2D eigenvalue weighted by Gasteiger charge is 2.07. The molecule has 0 saturated heterocycles. The minimum atomic E-state index is -0.138. The first kappa shape index (κ1) is 15.4. The Kier molecular flexibility index (Phi) is 5.22. The van der Waals surface area contributed by atoms with E-state index in [0.717, 1.165) is 5.56 Å². The number of aryl methyl sites for hydroxylation is 1. The maximum atomic E-state index is 11.8. The molecule has 0 fully saturated rings. The second kappa shape index (κ2) is 7.13. The number of ether oxygens (including phenoxy) is 2. The molecule has 2 aromatic rings. The van der Waals surface area contributed by atoms with Gasteiger partial charge in [-0.3, -0.25) is 4.79 Å². The number of hydrogen-bond acceptors (Lipinski definition) is 4. The fraction of sp³-hybridized carbons (Fsp3) is 0.312. The lowest BCUT2D eigenvalue weighted by Gasteiger charge is -2.08. The van der Waals surface area contributed by atoms with E-state index >= 15 is 0 Å². The van der Waals surface area contributed by atoms with Gasteiger partial charge in [0.1, 0.15) is 11.5 Å². The number of rotatable bonds is 6. The van der Waals surface area contributed by atoms with E-state index in [-0.39, 0.29) is 12.5 Å². The van der Waals surface area contributed by atoms with Crippen molar-refractivity contribution in [2.75, 3.05) is 13.7 Å². The molecule has 1 aromatic carbocycles. The third kappa shape index (κ3) is 4.23. The summed E-state index contributed by atoms with van der Waals surface area (Å²) in [6.07, 6.45) is 0. The van der Waals surface area contributed by atoms with Gasteiger partial charge in [-0.05, 0) is 42.5 Å². The summed E-state index contributed by atoms with van der Waals surface area (Å²) >= 11 is 1.70. The van der Waals surface area contributed by atoms with Crippen molar-refractivity contribution in [3.63, 3.8) is 0 Å². The predicted octanol–water partition coefficient (Wildman–Crippen LogP) is 3.07. The lowest BCUT2D eigenvalue weighted by molar-refractivity contribution is -0.123. The molecule has 1 heterocycles. The molecule has 112 valence electrons. The van der Waals surface area contributed by atoms with Crippen LogP contribution >= 0.6 is 11.3 Å². The van der Waals surface area contributed by atoms with Crippen molar-refractivity contribution in [2.45, 2.75) is 20.4 Å². The second-order valence-corrected chi connectivity index (χ2v) is 5.77. The number of benzene rings is 1. The van der Waals surface area contributed by atoms with Crippen LogP contribution in [-0.4, -0.2) is 19.6 Å². The predicted molar refractivity (Wildman–Crippen MR) is 84.1 cm³/mol. The Labute approximate surface area is 128 Å². The van der Waals surface area contributed by atoms with E-state index in [0.29, 0.717) is 18.0 Å². The first-order chi connectivity index (χ1) is 10.1. The van der Waals surface area contributed by atoms with Crippen molar-refractivity contribution in [1.29, 1.82) is 0 Å². The van der Waals surface area contributed by atoms with E-state index in [9.17, 15) is 4.79 Å². The molecule has 0 aliphatic carbocycles. The van der Waals surface area contributed by atoms with E-state index in [1.807, 2.05) is 12.1 Å². The highest BCUT2D eigenvalue weighted by atomic mass is 32.1. The number of methoxy groups -OCH3 is 1. The SMILES string of the molecule is COc1cccc(OCC(=O)NCc2csc(C)c2C)c1. The fourth-order valence-electron chi connectivity index (χ4n) is 1.82. The smallest absolute Gasteiger partial charge is 0.258 e. The summed E-state index contributed by atoms with van der Waals surface area (Å²) in [5.41, 5.74) is 2.40. The van der Waals surface area contributed by atoms with Crippen LogP contribution < -0.4 is 14.8 Å². The number of carbonyl (C=O) groups excluding carboxylic acids is 1. The third-order valence-corrected chi connectivity index (χ3v) is 4.34. The zero-order valence-electron chi connectivity index (χ0n) is 12.4. The molecular formula is C16H19NO3S. The molecule has 21 heavy (non-hydrogen) atoms. The quantitative estimate of drug-likeness (QED) is 0.892. The normalized spacial score (nSPS) is 10.2. The molecule has 0 aliphatic heterocycles. The number of hydrogen-bond donors (Lipinski definition) is 1. The zero-order valence-corrected chi connectivity index (χ0v) is 13.3. The maximum Gasteiger partial charge on any atom is 0.258 e. The molecule has 0 aliphatic rings. The average molecular weight is 305 g/mol. The summed E-state index contributed by atoms with van der Waals surface area (Å²) in [6.45, 7) is 4.68. The fourth-order valence-corrected chi connectivity index (χ4v) is 2.71. The molecule has 0 unspecified atom stereocenters. The molecule has 1 aromatic heterocycles. The molecule has 4 nitrogen and oxygen atoms in total. The van der Waals surface area contributed by atoms with Gasteiger partial charge in [-0.1, -0.05) is 6.07 Å². The van der Waals surface area contributed by atoms with E-state index < -0.39 is 0 Å². The van der Waals surface area contributed by atoms with Gasteiger partial charge in [-0.15, -0.1) is 11.3 Å². The molecule has 0 spiro atoms. The second-order valence-electron chi connectivity index (χ2n) is 4.69. The van der Waals surface area contributed by atoms with Crippen molar-refractivity contribution in [1.82, 2.24) is 5.32 Å². The summed E-state index contributed by atoms with van der Waals surface area (Å²) in [4.78, 5) is 13.1. The maximum absolute atomic E-state index is 11.8. The Balaban J connectivity index is 1.80. The van der Waals surface area contributed by atoms with Gasteiger partial charge in [0.15, 0.2) is 6.61 Å². The molecule has 0 saturated carbocycles. The molecule has 0 radical (unpaired) electrons. The standard InChI is InChI=1S/C16H19NO3S/c1-11-12(2)21-10-13(11)8-17-16(18)9-20-15-6-4-5-14(7-15)19-3/h4-7,10H,8-9H2,1-3H3,(H,17,18). The summed E-state index contributed by atoms with van der Waals surface area (Å²) < 4.78 is 10.5. The third-order valence-electron chi connectivity index (χ3n) is 3.27. The lowest BCUT2D eigenvalue weighted by Crippen LogP contribution is -2.28. The van der Waals surface area contributed by atoms with Crippen LogP contribution in [0.4, 0.5) is 0 Å². The van der Waals surface area contributed by atoms with Crippen molar-refractivity contribution < 1.29 is 14.3 Å². The van der Waals surface area contributed by atoms with Crippen LogP contribution in [0.5, 0.6) is 11.5 Å². The summed E-state index contributed by atoms with van der Waals surface area (Å²) in [5.74, 6) is 1.19. The Bertz CT molecular complexity index is 622. The number of amides is 1.